The van der Waals surface area contributed by atoms with Crippen LogP contribution in [0.2, 0.25) is 0 Å². The summed E-state index contributed by atoms with van der Waals surface area (Å²) in [4.78, 5) is 0. The second-order valence-corrected chi connectivity index (χ2v) is 3.79. The van der Waals surface area contributed by atoms with Crippen molar-refractivity contribution in [1.82, 2.24) is 0 Å². The monoisotopic (exact) mass is 137 g/mol. The van der Waals surface area contributed by atoms with E-state index in [4.69, 9.17) is 5.73 Å². The fraction of sp³-hybridized carbons (Fsp3) is 0.778. The summed E-state index contributed by atoms with van der Waals surface area (Å²) < 4.78 is 0. The van der Waals surface area contributed by atoms with Crippen molar-refractivity contribution < 1.29 is 0 Å². The van der Waals surface area contributed by atoms with Crippen LogP contribution < -0.4 is 5.73 Å². The van der Waals surface area contributed by atoms with E-state index in [9.17, 15) is 0 Å². The van der Waals surface area contributed by atoms with E-state index in [2.05, 4.69) is 12.7 Å². The van der Waals surface area contributed by atoms with Gasteiger partial charge in [0, 0.05) is 6.04 Å². The maximum Gasteiger partial charge on any atom is 0.00703 e. The van der Waals surface area contributed by atoms with E-state index < -0.39 is 0 Å². The maximum absolute atomic E-state index is 5.90. The third-order valence-electron chi connectivity index (χ3n) is 3.27. The molecule has 4 unspecified atom stereocenters. The molecule has 0 saturated heterocycles. The van der Waals surface area contributed by atoms with Gasteiger partial charge in [0.1, 0.15) is 0 Å². The Hall–Kier alpha value is -0.300. The molecule has 2 aliphatic carbocycles. The zero-order chi connectivity index (χ0) is 7.14. The molecule has 4 atom stereocenters. The predicted molar refractivity (Wildman–Crippen MR) is 42.5 cm³/mol. The lowest BCUT2D eigenvalue weighted by Crippen LogP contribution is -2.28. The van der Waals surface area contributed by atoms with Crippen LogP contribution in [0.1, 0.15) is 19.3 Å². The summed E-state index contributed by atoms with van der Waals surface area (Å²) in [7, 11) is 0. The predicted octanol–water partition coefficient (Wildman–Crippen LogP) is 1.55. The van der Waals surface area contributed by atoms with Crippen LogP contribution in [0.3, 0.4) is 0 Å². The molecule has 0 radical (unpaired) electrons. The lowest BCUT2D eigenvalue weighted by molar-refractivity contribution is 0.355. The Morgan fingerprint density at radius 3 is 2.40 bits per heavy atom. The van der Waals surface area contributed by atoms with Gasteiger partial charge in [-0.25, -0.2) is 0 Å². The fourth-order valence-electron chi connectivity index (χ4n) is 2.65. The van der Waals surface area contributed by atoms with Gasteiger partial charge in [-0.3, -0.25) is 0 Å². The Labute approximate surface area is 62.3 Å². The molecule has 2 bridgehead atoms. The van der Waals surface area contributed by atoms with Crippen LogP contribution in [0, 0.1) is 17.8 Å². The van der Waals surface area contributed by atoms with Crippen LogP contribution in [0.5, 0.6) is 0 Å². The minimum atomic E-state index is 0.515. The molecule has 2 rings (SSSR count). The van der Waals surface area contributed by atoms with E-state index >= 15 is 0 Å². The zero-order valence-electron chi connectivity index (χ0n) is 6.29. The Bertz CT molecular complexity index is 151. The van der Waals surface area contributed by atoms with Crippen molar-refractivity contribution >= 4 is 0 Å². The van der Waals surface area contributed by atoms with Gasteiger partial charge in [-0.05, 0) is 37.0 Å². The summed E-state index contributed by atoms with van der Waals surface area (Å²) in [5.74, 6) is 2.51. The molecule has 0 amide bonds. The summed E-state index contributed by atoms with van der Waals surface area (Å²) >= 11 is 0. The summed E-state index contributed by atoms with van der Waals surface area (Å²) in [5, 5.41) is 0. The minimum absolute atomic E-state index is 0.515. The van der Waals surface area contributed by atoms with Crippen molar-refractivity contribution in [3.05, 3.63) is 12.7 Å². The summed E-state index contributed by atoms with van der Waals surface area (Å²) in [6.45, 7) is 3.85. The van der Waals surface area contributed by atoms with Crippen molar-refractivity contribution in [2.24, 2.45) is 23.5 Å². The smallest absolute Gasteiger partial charge is 0.00703 e. The summed E-state index contributed by atoms with van der Waals surface area (Å²) in [6.07, 6.45) is 6.06. The van der Waals surface area contributed by atoms with E-state index in [1.165, 1.54) is 19.3 Å². The molecule has 2 fully saturated rings. The average Bonchev–Trinajstić information content (AvgIpc) is 2.44. The second-order valence-electron chi connectivity index (χ2n) is 3.79. The Morgan fingerprint density at radius 1 is 1.20 bits per heavy atom. The first-order valence-electron chi connectivity index (χ1n) is 4.19. The molecule has 10 heavy (non-hydrogen) atoms. The summed E-state index contributed by atoms with van der Waals surface area (Å²) in [5.41, 5.74) is 5.90. The molecule has 0 heterocycles. The van der Waals surface area contributed by atoms with E-state index in [-0.39, 0.29) is 0 Å². The highest BCUT2D eigenvalue weighted by Gasteiger charge is 2.42. The van der Waals surface area contributed by atoms with Crippen LogP contribution in [-0.4, -0.2) is 6.04 Å². The number of allylic oxidation sites excluding steroid dienone is 1. The van der Waals surface area contributed by atoms with Gasteiger partial charge in [0.25, 0.3) is 0 Å². The van der Waals surface area contributed by atoms with Crippen LogP contribution in [-0.2, 0) is 0 Å². The molecule has 0 aromatic carbocycles. The molecule has 0 spiro atoms. The molecule has 2 saturated carbocycles. The SMILES string of the molecule is C=CC1CC2CC1CC2N. The molecule has 0 aromatic heterocycles. The number of rotatable bonds is 1. The fourth-order valence-corrected chi connectivity index (χ4v) is 2.65. The van der Waals surface area contributed by atoms with Gasteiger partial charge in [-0.2, -0.15) is 0 Å². The molecular weight excluding hydrogens is 122 g/mol. The first-order chi connectivity index (χ1) is 4.81. The van der Waals surface area contributed by atoms with Gasteiger partial charge >= 0.3 is 0 Å². The first-order valence-corrected chi connectivity index (χ1v) is 4.19. The van der Waals surface area contributed by atoms with Gasteiger partial charge in [-0.15, -0.1) is 6.58 Å². The van der Waals surface area contributed by atoms with Crippen molar-refractivity contribution in [2.75, 3.05) is 0 Å². The van der Waals surface area contributed by atoms with Gasteiger partial charge < -0.3 is 5.73 Å². The van der Waals surface area contributed by atoms with E-state index in [0.29, 0.717) is 6.04 Å². The van der Waals surface area contributed by atoms with Crippen molar-refractivity contribution in [1.29, 1.82) is 0 Å². The zero-order valence-corrected chi connectivity index (χ0v) is 6.29. The van der Waals surface area contributed by atoms with E-state index in [1.807, 2.05) is 0 Å². The van der Waals surface area contributed by atoms with Gasteiger partial charge in [-0.1, -0.05) is 6.08 Å². The first kappa shape index (κ1) is 6.41. The van der Waals surface area contributed by atoms with Crippen LogP contribution in [0.15, 0.2) is 12.7 Å². The highest BCUT2D eigenvalue weighted by molar-refractivity contribution is 5.02. The number of hydrogen-bond acceptors (Lipinski definition) is 1. The highest BCUT2D eigenvalue weighted by atomic mass is 14.7. The Morgan fingerprint density at radius 2 is 2.00 bits per heavy atom. The number of nitrogens with two attached hydrogens (primary N) is 1. The molecular formula is C9H15N. The maximum atomic E-state index is 5.90. The Kier molecular flexibility index (Phi) is 1.34. The van der Waals surface area contributed by atoms with Gasteiger partial charge in [0.05, 0.1) is 0 Å². The number of hydrogen-bond donors (Lipinski definition) is 1. The van der Waals surface area contributed by atoms with Crippen LogP contribution in [0.25, 0.3) is 0 Å². The molecule has 1 nitrogen and oxygen atoms in total. The van der Waals surface area contributed by atoms with E-state index in [0.717, 1.165) is 17.8 Å². The quantitative estimate of drug-likeness (QED) is 0.545. The lowest BCUT2D eigenvalue weighted by atomic mass is 9.87. The van der Waals surface area contributed by atoms with Crippen LogP contribution in [0.4, 0.5) is 0 Å². The molecule has 0 aliphatic heterocycles. The standard InChI is InChI=1S/C9H15N/c1-2-6-3-8-4-7(6)5-9(8)10/h2,6-9H,1,3-5,10H2. The molecule has 56 valence electrons. The normalized spacial score (nSPS) is 51.7. The topological polar surface area (TPSA) is 26.0 Å². The molecule has 2 aliphatic rings. The van der Waals surface area contributed by atoms with Crippen LogP contribution >= 0.6 is 0 Å². The minimum Gasteiger partial charge on any atom is -0.327 e. The molecule has 0 aromatic rings. The number of fused-ring (bicyclic) bond motifs is 2. The van der Waals surface area contributed by atoms with E-state index in [1.54, 1.807) is 0 Å². The van der Waals surface area contributed by atoms with Crippen molar-refractivity contribution in [2.45, 2.75) is 25.3 Å². The highest BCUT2D eigenvalue weighted by Crippen LogP contribution is 2.47. The van der Waals surface area contributed by atoms with Crippen molar-refractivity contribution in [3.63, 3.8) is 0 Å². The molecule has 1 heteroatoms. The third kappa shape index (κ3) is 0.734. The lowest BCUT2D eigenvalue weighted by Gasteiger charge is -2.22. The summed E-state index contributed by atoms with van der Waals surface area (Å²) in [6, 6.07) is 0.515. The Balaban J connectivity index is 2.08. The van der Waals surface area contributed by atoms with Gasteiger partial charge in [0.15, 0.2) is 0 Å². The van der Waals surface area contributed by atoms with Gasteiger partial charge in [0.2, 0.25) is 0 Å². The largest absolute Gasteiger partial charge is 0.327 e. The third-order valence-corrected chi connectivity index (χ3v) is 3.27. The molecule has 2 N–H and O–H groups in total. The second kappa shape index (κ2) is 2.09. The van der Waals surface area contributed by atoms with Crippen molar-refractivity contribution in [3.8, 4) is 0 Å². The average molecular weight is 137 g/mol.